The number of rotatable bonds is 4. The molecule has 7 heteroatoms. The van der Waals surface area contributed by atoms with Gasteiger partial charge in [0.1, 0.15) is 23.1 Å². The number of allylic oxidation sites excluding steroid dienone is 1. The Hall–Kier alpha value is -2.28. The van der Waals surface area contributed by atoms with Crippen LogP contribution in [0.4, 0.5) is 0 Å². The van der Waals surface area contributed by atoms with Gasteiger partial charge in [-0.05, 0) is 11.6 Å². The number of ether oxygens (including phenoxy) is 1. The summed E-state index contributed by atoms with van der Waals surface area (Å²) in [6.45, 7) is 2.92. The first-order chi connectivity index (χ1) is 10.2. The van der Waals surface area contributed by atoms with Gasteiger partial charge < -0.3 is 15.0 Å². The predicted octanol–water partition coefficient (Wildman–Crippen LogP) is 1.42. The van der Waals surface area contributed by atoms with E-state index >= 15 is 0 Å². The second kappa shape index (κ2) is 7.49. The Kier molecular flexibility index (Phi) is 5.39. The van der Waals surface area contributed by atoms with E-state index in [-0.39, 0.29) is 5.57 Å². The number of aromatic nitrogens is 1. The molecule has 1 saturated heterocycles. The van der Waals surface area contributed by atoms with E-state index in [9.17, 15) is 0 Å². The van der Waals surface area contributed by atoms with E-state index in [4.69, 9.17) is 26.9 Å². The number of nitrogens with one attached hydrogen (secondary N) is 1. The summed E-state index contributed by atoms with van der Waals surface area (Å²) >= 11 is 5.74. The Morgan fingerprint density at radius 3 is 2.62 bits per heavy atom. The molecule has 0 spiro atoms. The summed E-state index contributed by atoms with van der Waals surface area (Å²) < 4.78 is 5.29. The van der Waals surface area contributed by atoms with Crippen LogP contribution in [-0.4, -0.2) is 36.2 Å². The highest BCUT2D eigenvalue weighted by Crippen LogP contribution is 2.12. The molecule has 1 fully saturated rings. The lowest BCUT2D eigenvalue weighted by Crippen LogP contribution is -2.40. The van der Waals surface area contributed by atoms with E-state index in [1.165, 1.54) is 0 Å². The first-order valence-corrected chi connectivity index (χ1v) is 6.84. The second-order valence-corrected chi connectivity index (χ2v) is 4.78. The van der Waals surface area contributed by atoms with Crippen molar-refractivity contribution in [1.29, 1.82) is 10.5 Å². The van der Waals surface area contributed by atoms with E-state index in [1.54, 1.807) is 12.3 Å². The molecular formula is C14H14ClN5O. The molecule has 0 unspecified atom stereocenters. The van der Waals surface area contributed by atoms with Gasteiger partial charge in [0, 0.05) is 25.8 Å². The van der Waals surface area contributed by atoms with E-state index in [0.29, 0.717) is 43.8 Å². The summed E-state index contributed by atoms with van der Waals surface area (Å²) in [5, 5.41) is 21.8. The standard InChI is InChI=1S/C14H14ClN5O/c15-13-2-1-11(9-18-13)10-19-14(12(7-16)8-17)20-3-5-21-6-4-20/h1-2,9,19H,3-6,10H2. The molecule has 0 amide bonds. The summed E-state index contributed by atoms with van der Waals surface area (Å²) in [6.07, 6.45) is 1.66. The van der Waals surface area contributed by atoms with Crippen molar-refractivity contribution in [2.75, 3.05) is 26.3 Å². The molecule has 0 aromatic carbocycles. The largest absolute Gasteiger partial charge is 0.378 e. The van der Waals surface area contributed by atoms with Crippen molar-refractivity contribution in [3.8, 4) is 12.1 Å². The van der Waals surface area contributed by atoms with Gasteiger partial charge in [-0.3, -0.25) is 0 Å². The predicted molar refractivity (Wildman–Crippen MR) is 76.7 cm³/mol. The zero-order valence-corrected chi connectivity index (χ0v) is 12.1. The third-order valence-electron chi connectivity index (χ3n) is 3.04. The Morgan fingerprint density at radius 2 is 2.05 bits per heavy atom. The fourth-order valence-corrected chi connectivity index (χ4v) is 2.08. The van der Waals surface area contributed by atoms with Gasteiger partial charge in [0.2, 0.25) is 0 Å². The Labute approximate surface area is 128 Å². The summed E-state index contributed by atoms with van der Waals surface area (Å²) in [4.78, 5) is 5.95. The Bertz CT molecular complexity index is 577. The van der Waals surface area contributed by atoms with Crippen LogP contribution < -0.4 is 5.32 Å². The highest BCUT2D eigenvalue weighted by Gasteiger charge is 2.17. The molecule has 21 heavy (non-hydrogen) atoms. The molecule has 0 atom stereocenters. The topological polar surface area (TPSA) is 85.0 Å². The van der Waals surface area contributed by atoms with Gasteiger partial charge in [-0.1, -0.05) is 17.7 Å². The van der Waals surface area contributed by atoms with Crippen LogP contribution in [0, 0.1) is 22.7 Å². The average molecular weight is 304 g/mol. The third kappa shape index (κ3) is 4.09. The van der Waals surface area contributed by atoms with Crippen molar-refractivity contribution in [3.63, 3.8) is 0 Å². The van der Waals surface area contributed by atoms with Crippen molar-refractivity contribution >= 4 is 11.6 Å². The molecule has 1 N–H and O–H groups in total. The van der Waals surface area contributed by atoms with Crippen LogP contribution in [0.2, 0.25) is 5.15 Å². The first-order valence-electron chi connectivity index (χ1n) is 6.46. The quantitative estimate of drug-likeness (QED) is 0.669. The van der Waals surface area contributed by atoms with Crippen LogP contribution in [0.1, 0.15) is 5.56 Å². The maximum absolute atomic E-state index is 9.10. The van der Waals surface area contributed by atoms with E-state index in [2.05, 4.69) is 10.3 Å². The van der Waals surface area contributed by atoms with E-state index in [1.807, 2.05) is 23.1 Å². The molecule has 0 aliphatic carbocycles. The van der Waals surface area contributed by atoms with Gasteiger partial charge in [0.25, 0.3) is 0 Å². The van der Waals surface area contributed by atoms with Crippen LogP contribution in [0.25, 0.3) is 0 Å². The minimum absolute atomic E-state index is 0.0684. The van der Waals surface area contributed by atoms with Crippen molar-refractivity contribution in [2.24, 2.45) is 0 Å². The lowest BCUT2D eigenvalue weighted by Gasteiger charge is -2.31. The molecule has 0 radical (unpaired) electrons. The Balaban J connectivity index is 2.13. The highest BCUT2D eigenvalue weighted by atomic mass is 35.5. The van der Waals surface area contributed by atoms with Crippen LogP contribution in [-0.2, 0) is 11.3 Å². The van der Waals surface area contributed by atoms with Gasteiger partial charge in [0.15, 0.2) is 5.57 Å². The van der Waals surface area contributed by atoms with Crippen molar-refractivity contribution in [2.45, 2.75) is 6.54 Å². The van der Waals surface area contributed by atoms with E-state index < -0.39 is 0 Å². The maximum atomic E-state index is 9.10. The number of nitriles is 2. The average Bonchev–Trinajstić information content (AvgIpc) is 2.54. The summed E-state index contributed by atoms with van der Waals surface area (Å²) in [5.41, 5.74) is 0.985. The lowest BCUT2D eigenvalue weighted by molar-refractivity contribution is 0.0500. The first kappa shape index (κ1) is 15.1. The second-order valence-electron chi connectivity index (χ2n) is 4.39. The third-order valence-corrected chi connectivity index (χ3v) is 3.26. The van der Waals surface area contributed by atoms with Crippen molar-refractivity contribution in [1.82, 2.24) is 15.2 Å². The molecule has 2 rings (SSSR count). The summed E-state index contributed by atoms with van der Waals surface area (Å²) in [5.74, 6) is 0.540. The van der Waals surface area contributed by atoms with Crippen molar-refractivity contribution in [3.05, 3.63) is 40.4 Å². The van der Waals surface area contributed by atoms with Crippen LogP contribution in [0.15, 0.2) is 29.7 Å². The van der Waals surface area contributed by atoms with Gasteiger partial charge in [0.05, 0.1) is 13.2 Å². The van der Waals surface area contributed by atoms with Gasteiger partial charge >= 0.3 is 0 Å². The molecule has 108 valence electrons. The lowest BCUT2D eigenvalue weighted by atomic mass is 10.2. The van der Waals surface area contributed by atoms with Gasteiger partial charge in [-0.2, -0.15) is 10.5 Å². The molecule has 1 aliphatic heterocycles. The molecule has 0 saturated carbocycles. The van der Waals surface area contributed by atoms with Gasteiger partial charge in [-0.25, -0.2) is 4.98 Å². The zero-order valence-electron chi connectivity index (χ0n) is 11.3. The molecule has 1 aromatic rings. The fourth-order valence-electron chi connectivity index (χ4n) is 1.97. The van der Waals surface area contributed by atoms with E-state index in [0.717, 1.165) is 5.56 Å². The number of hydrogen-bond acceptors (Lipinski definition) is 6. The minimum Gasteiger partial charge on any atom is -0.378 e. The monoisotopic (exact) mass is 303 g/mol. The highest BCUT2D eigenvalue weighted by molar-refractivity contribution is 6.29. The normalized spacial score (nSPS) is 14.0. The molecule has 2 heterocycles. The zero-order chi connectivity index (χ0) is 15.1. The Morgan fingerprint density at radius 1 is 1.33 bits per heavy atom. The van der Waals surface area contributed by atoms with Crippen LogP contribution in [0.5, 0.6) is 0 Å². The molecule has 6 nitrogen and oxygen atoms in total. The number of halogens is 1. The number of morpholine rings is 1. The SMILES string of the molecule is N#CC(C#N)=C(NCc1ccc(Cl)nc1)N1CCOCC1. The molecule has 0 bridgehead atoms. The molecule has 1 aromatic heterocycles. The minimum atomic E-state index is 0.0684. The van der Waals surface area contributed by atoms with Crippen LogP contribution in [0.3, 0.4) is 0 Å². The number of pyridine rings is 1. The summed E-state index contributed by atoms with van der Waals surface area (Å²) in [7, 11) is 0. The van der Waals surface area contributed by atoms with Crippen molar-refractivity contribution < 1.29 is 4.74 Å². The smallest absolute Gasteiger partial charge is 0.169 e. The number of nitrogens with zero attached hydrogens (tertiary/aromatic N) is 4. The van der Waals surface area contributed by atoms with Crippen LogP contribution >= 0.6 is 11.6 Å². The number of hydrogen-bond donors (Lipinski definition) is 1. The summed E-state index contributed by atoms with van der Waals surface area (Å²) in [6, 6.07) is 7.41. The molecule has 1 aliphatic rings. The maximum Gasteiger partial charge on any atom is 0.169 e. The fraction of sp³-hybridized carbons (Fsp3) is 0.357. The van der Waals surface area contributed by atoms with Gasteiger partial charge in [-0.15, -0.1) is 0 Å². The molecular weight excluding hydrogens is 290 g/mol.